The van der Waals surface area contributed by atoms with E-state index in [2.05, 4.69) is 16.0 Å². The number of hydrogen-bond donors (Lipinski definition) is 1. The van der Waals surface area contributed by atoms with E-state index in [0.717, 1.165) is 5.56 Å². The predicted molar refractivity (Wildman–Crippen MR) is 56.6 cm³/mol. The van der Waals surface area contributed by atoms with Crippen molar-refractivity contribution < 1.29 is 0 Å². The predicted octanol–water partition coefficient (Wildman–Crippen LogP) is 1.60. The summed E-state index contributed by atoms with van der Waals surface area (Å²) in [4.78, 5) is 8.09. The zero-order valence-electron chi connectivity index (χ0n) is 7.88. The molecular formula is C11H8N4. The summed E-state index contributed by atoms with van der Waals surface area (Å²) < 4.78 is 0. The van der Waals surface area contributed by atoms with Gasteiger partial charge in [-0.05, 0) is 18.2 Å². The van der Waals surface area contributed by atoms with Crippen molar-refractivity contribution in [2.45, 2.75) is 0 Å². The van der Waals surface area contributed by atoms with E-state index < -0.39 is 0 Å². The second-order valence-corrected chi connectivity index (χ2v) is 3.01. The molecule has 2 N–H and O–H groups in total. The van der Waals surface area contributed by atoms with E-state index >= 15 is 0 Å². The number of hydrogen-bond acceptors (Lipinski definition) is 4. The molecule has 0 aliphatic rings. The first-order valence-corrected chi connectivity index (χ1v) is 4.37. The summed E-state index contributed by atoms with van der Waals surface area (Å²) in [6.07, 6.45) is 4.80. The molecule has 0 bridgehead atoms. The minimum Gasteiger partial charge on any atom is -0.399 e. The minimum absolute atomic E-state index is 0.510. The van der Waals surface area contributed by atoms with Gasteiger partial charge in [-0.25, -0.2) is 0 Å². The summed E-state index contributed by atoms with van der Waals surface area (Å²) in [7, 11) is 0. The standard InChI is InChI=1S/C11H8N4/c12-6-8-5-9(13)1-2-10(8)11-7-14-3-4-15-11/h1-5,7H,13H2. The summed E-state index contributed by atoms with van der Waals surface area (Å²) >= 11 is 0. The van der Waals surface area contributed by atoms with Gasteiger partial charge in [0.1, 0.15) is 0 Å². The average Bonchev–Trinajstić information content (AvgIpc) is 2.30. The Kier molecular flexibility index (Phi) is 2.30. The molecule has 0 fully saturated rings. The van der Waals surface area contributed by atoms with E-state index in [1.807, 2.05) is 0 Å². The van der Waals surface area contributed by atoms with E-state index in [0.29, 0.717) is 16.9 Å². The lowest BCUT2D eigenvalue weighted by Gasteiger charge is -2.02. The van der Waals surface area contributed by atoms with Crippen LogP contribution in [0.1, 0.15) is 5.56 Å². The van der Waals surface area contributed by atoms with Gasteiger partial charge in [-0.15, -0.1) is 0 Å². The van der Waals surface area contributed by atoms with Gasteiger partial charge in [0.15, 0.2) is 0 Å². The Bertz CT molecular complexity index is 514. The molecule has 1 aromatic carbocycles. The number of rotatable bonds is 1. The van der Waals surface area contributed by atoms with Gasteiger partial charge in [0.25, 0.3) is 0 Å². The molecule has 0 aliphatic carbocycles. The fraction of sp³-hybridized carbons (Fsp3) is 0. The van der Waals surface area contributed by atoms with Crippen molar-refractivity contribution in [1.29, 1.82) is 5.26 Å². The van der Waals surface area contributed by atoms with E-state index in [-0.39, 0.29) is 0 Å². The van der Waals surface area contributed by atoms with Crippen LogP contribution in [0.5, 0.6) is 0 Å². The Morgan fingerprint density at radius 2 is 2.13 bits per heavy atom. The highest BCUT2D eigenvalue weighted by Gasteiger charge is 2.05. The summed E-state index contributed by atoms with van der Waals surface area (Å²) in [6.45, 7) is 0. The normalized spacial score (nSPS) is 9.53. The number of anilines is 1. The SMILES string of the molecule is N#Cc1cc(N)ccc1-c1cnccn1. The molecule has 0 atom stereocenters. The quantitative estimate of drug-likeness (QED) is 0.703. The second kappa shape index (κ2) is 3.76. The van der Waals surface area contributed by atoms with Crippen LogP contribution in [0.3, 0.4) is 0 Å². The molecule has 15 heavy (non-hydrogen) atoms. The molecule has 4 heteroatoms. The molecule has 4 nitrogen and oxygen atoms in total. The number of aromatic nitrogens is 2. The maximum Gasteiger partial charge on any atom is 0.0999 e. The van der Waals surface area contributed by atoms with Crippen LogP contribution in [-0.4, -0.2) is 9.97 Å². The maximum absolute atomic E-state index is 8.95. The Labute approximate surface area is 87.0 Å². The first-order valence-electron chi connectivity index (χ1n) is 4.37. The molecule has 2 aromatic rings. The molecule has 72 valence electrons. The van der Waals surface area contributed by atoms with Crippen LogP contribution in [0.4, 0.5) is 5.69 Å². The number of nitrogen functional groups attached to an aromatic ring is 1. The van der Waals surface area contributed by atoms with Crippen LogP contribution in [0.25, 0.3) is 11.3 Å². The lowest BCUT2D eigenvalue weighted by Crippen LogP contribution is -1.91. The van der Waals surface area contributed by atoms with Crippen LogP contribution in [0, 0.1) is 11.3 Å². The largest absolute Gasteiger partial charge is 0.399 e. The van der Waals surface area contributed by atoms with Gasteiger partial charge in [0, 0.05) is 23.6 Å². The molecule has 0 aliphatic heterocycles. The maximum atomic E-state index is 8.95. The second-order valence-electron chi connectivity index (χ2n) is 3.01. The Morgan fingerprint density at radius 3 is 2.80 bits per heavy atom. The van der Waals surface area contributed by atoms with Crippen molar-refractivity contribution in [2.24, 2.45) is 0 Å². The van der Waals surface area contributed by atoms with Gasteiger partial charge >= 0.3 is 0 Å². The number of nitrogens with two attached hydrogens (primary N) is 1. The molecule has 0 amide bonds. The molecule has 0 saturated heterocycles. The number of nitrogens with zero attached hydrogens (tertiary/aromatic N) is 3. The van der Waals surface area contributed by atoms with Crippen LogP contribution >= 0.6 is 0 Å². The molecule has 1 heterocycles. The number of nitriles is 1. The third-order valence-electron chi connectivity index (χ3n) is 2.00. The molecule has 0 saturated carbocycles. The zero-order valence-corrected chi connectivity index (χ0v) is 7.88. The summed E-state index contributed by atoms with van der Waals surface area (Å²) in [5.41, 5.74) is 8.10. The van der Waals surface area contributed by atoms with E-state index in [9.17, 15) is 0 Å². The van der Waals surface area contributed by atoms with Crippen LogP contribution < -0.4 is 5.73 Å². The van der Waals surface area contributed by atoms with Gasteiger partial charge in [-0.1, -0.05) is 0 Å². The monoisotopic (exact) mass is 196 g/mol. The van der Waals surface area contributed by atoms with Crippen molar-refractivity contribution in [2.75, 3.05) is 5.73 Å². The lowest BCUT2D eigenvalue weighted by atomic mass is 10.1. The Morgan fingerprint density at radius 1 is 1.27 bits per heavy atom. The van der Waals surface area contributed by atoms with E-state index in [4.69, 9.17) is 11.0 Å². The van der Waals surface area contributed by atoms with Crippen molar-refractivity contribution in [1.82, 2.24) is 9.97 Å². The average molecular weight is 196 g/mol. The Hall–Kier alpha value is -2.41. The van der Waals surface area contributed by atoms with Crippen LogP contribution in [-0.2, 0) is 0 Å². The van der Waals surface area contributed by atoms with Gasteiger partial charge in [-0.3, -0.25) is 9.97 Å². The van der Waals surface area contributed by atoms with Gasteiger partial charge < -0.3 is 5.73 Å². The Balaban J connectivity index is 2.60. The van der Waals surface area contributed by atoms with Crippen molar-refractivity contribution in [3.63, 3.8) is 0 Å². The molecule has 0 spiro atoms. The first-order chi connectivity index (χ1) is 7.31. The fourth-order valence-electron chi connectivity index (χ4n) is 1.32. The molecule has 1 aromatic heterocycles. The van der Waals surface area contributed by atoms with E-state index in [1.54, 1.807) is 36.8 Å². The zero-order chi connectivity index (χ0) is 10.7. The van der Waals surface area contributed by atoms with Crippen molar-refractivity contribution in [3.05, 3.63) is 42.4 Å². The van der Waals surface area contributed by atoms with E-state index in [1.165, 1.54) is 0 Å². The number of benzene rings is 1. The molecule has 2 rings (SSSR count). The third kappa shape index (κ3) is 1.76. The summed E-state index contributed by atoms with van der Waals surface area (Å²) in [6, 6.07) is 7.23. The molecule has 0 radical (unpaired) electrons. The topological polar surface area (TPSA) is 75.6 Å². The van der Waals surface area contributed by atoms with Gasteiger partial charge in [-0.2, -0.15) is 5.26 Å². The van der Waals surface area contributed by atoms with Crippen LogP contribution in [0.15, 0.2) is 36.8 Å². The first kappa shape index (κ1) is 9.16. The third-order valence-corrected chi connectivity index (χ3v) is 2.00. The highest BCUT2D eigenvalue weighted by Crippen LogP contribution is 2.22. The molecular weight excluding hydrogens is 188 g/mol. The summed E-state index contributed by atoms with van der Waals surface area (Å²) in [5, 5.41) is 8.95. The highest BCUT2D eigenvalue weighted by atomic mass is 14.8. The minimum atomic E-state index is 0.510. The van der Waals surface area contributed by atoms with Crippen LogP contribution in [0.2, 0.25) is 0 Å². The van der Waals surface area contributed by atoms with Gasteiger partial charge in [0.05, 0.1) is 23.5 Å². The van der Waals surface area contributed by atoms with Gasteiger partial charge in [0.2, 0.25) is 0 Å². The van der Waals surface area contributed by atoms with Crippen molar-refractivity contribution >= 4 is 5.69 Å². The highest BCUT2D eigenvalue weighted by molar-refractivity contribution is 5.69. The van der Waals surface area contributed by atoms with Crippen molar-refractivity contribution in [3.8, 4) is 17.3 Å². The smallest absolute Gasteiger partial charge is 0.0999 e. The summed E-state index contributed by atoms with van der Waals surface area (Å²) in [5.74, 6) is 0. The molecule has 0 unspecified atom stereocenters. The fourth-order valence-corrected chi connectivity index (χ4v) is 1.32. The lowest BCUT2D eigenvalue weighted by molar-refractivity contribution is 1.20.